The number of aryl methyl sites for hydroxylation is 1. The van der Waals surface area contributed by atoms with E-state index in [1.54, 1.807) is 6.07 Å². The monoisotopic (exact) mass is 366 g/mol. The van der Waals surface area contributed by atoms with E-state index < -0.39 is 0 Å². The van der Waals surface area contributed by atoms with Crippen LogP contribution in [0.1, 0.15) is 25.5 Å². The van der Waals surface area contributed by atoms with Gasteiger partial charge in [-0.3, -0.25) is 4.79 Å². The van der Waals surface area contributed by atoms with Crippen molar-refractivity contribution in [1.82, 2.24) is 9.88 Å². The Morgan fingerprint density at radius 2 is 2.00 bits per heavy atom. The summed E-state index contributed by atoms with van der Waals surface area (Å²) >= 11 is 12.5. The Kier molecular flexibility index (Phi) is 5.16. The number of pyridine rings is 1. The van der Waals surface area contributed by atoms with Gasteiger partial charge in [0.1, 0.15) is 5.52 Å². The summed E-state index contributed by atoms with van der Waals surface area (Å²) in [6.07, 6.45) is 2.08. The van der Waals surface area contributed by atoms with Gasteiger partial charge in [0.05, 0.1) is 10.0 Å². The van der Waals surface area contributed by atoms with Gasteiger partial charge in [0.2, 0.25) is 0 Å². The molecule has 128 valence electrons. The number of likely N-dealkylation sites (tertiary alicyclic amines) is 1. The number of amides is 1. The van der Waals surface area contributed by atoms with E-state index in [4.69, 9.17) is 27.9 Å². The van der Waals surface area contributed by atoms with Crippen molar-refractivity contribution in [3.05, 3.63) is 33.9 Å². The summed E-state index contributed by atoms with van der Waals surface area (Å²) in [6.45, 7) is 5.64. The predicted molar refractivity (Wildman–Crippen MR) is 97.0 cm³/mol. The summed E-state index contributed by atoms with van der Waals surface area (Å²) in [5.74, 6) is 1.07. The fourth-order valence-electron chi connectivity index (χ4n) is 2.91. The average molecular weight is 367 g/mol. The topological polar surface area (TPSA) is 42.4 Å². The Labute approximate surface area is 151 Å². The summed E-state index contributed by atoms with van der Waals surface area (Å²) in [5, 5.41) is 1.65. The van der Waals surface area contributed by atoms with Gasteiger partial charge < -0.3 is 9.64 Å². The largest absolute Gasteiger partial charge is 0.480 e. The summed E-state index contributed by atoms with van der Waals surface area (Å²) in [6, 6.07) is 5.40. The highest BCUT2D eigenvalue weighted by molar-refractivity contribution is 6.39. The van der Waals surface area contributed by atoms with E-state index >= 15 is 0 Å². The van der Waals surface area contributed by atoms with Crippen molar-refractivity contribution in [3.63, 3.8) is 0 Å². The van der Waals surface area contributed by atoms with Crippen LogP contribution in [0.5, 0.6) is 5.75 Å². The minimum absolute atomic E-state index is 0.0197. The third-order valence-electron chi connectivity index (χ3n) is 4.45. The molecule has 0 aliphatic carbocycles. The van der Waals surface area contributed by atoms with Gasteiger partial charge in [-0.05, 0) is 43.9 Å². The van der Waals surface area contributed by atoms with E-state index in [9.17, 15) is 4.79 Å². The van der Waals surface area contributed by atoms with E-state index in [-0.39, 0.29) is 12.5 Å². The molecule has 2 aromatic rings. The molecule has 0 bridgehead atoms. The van der Waals surface area contributed by atoms with Crippen LogP contribution in [0.25, 0.3) is 10.9 Å². The molecule has 1 fully saturated rings. The average Bonchev–Trinajstić information content (AvgIpc) is 2.54. The number of nitrogens with zero attached hydrogens (tertiary/aromatic N) is 2. The highest BCUT2D eigenvalue weighted by Gasteiger charge is 2.21. The highest BCUT2D eigenvalue weighted by atomic mass is 35.5. The van der Waals surface area contributed by atoms with Crippen LogP contribution < -0.4 is 4.74 Å². The van der Waals surface area contributed by atoms with Gasteiger partial charge in [0.25, 0.3) is 5.91 Å². The Morgan fingerprint density at radius 1 is 1.29 bits per heavy atom. The molecule has 0 unspecified atom stereocenters. The quantitative estimate of drug-likeness (QED) is 0.803. The maximum absolute atomic E-state index is 12.4. The zero-order valence-corrected chi connectivity index (χ0v) is 15.3. The van der Waals surface area contributed by atoms with Crippen LogP contribution in [0.3, 0.4) is 0 Å². The number of hydrogen-bond acceptors (Lipinski definition) is 3. The minimum Gasteiger partial charge on any atom is -0.480 e. The molecule has 4 nitrogen and oxygen atoms in total. The van der Waals surface area contributed by atoms with Gasteiger partial charge in [-0.25, -0.2) is 4.98 Å². The molecule has 2 heterocycles. The SMILES string of the molecule is Cc1ccc2c(Cl)cc(Cl)c(OCC(=O)N3CCC(C)CC3)c2n1. The maximum atomic E-state index is 12.4. The number of ether oxygens (including phenoxy) is 1. The molecular formula is C18H20Cl2N2O2. The van der Waals surface area contributed by atoms with Crippen molar-refractivity contribution < 1.29 is 9.53 Å². The highest BCUT2D eigenvalue weighted by Crippen LogP contribution is 2.37. The Morgan fingerprint density at radius 3 is 2.71 bits per heavy atom. The molecule has 0 radical (unpaired) electrons. The Hall–Kier alpha value is -1.52. The van der Waals surface area contributed by atoms with E-state index in [1.807, 2.05) is 24.0 Å². The first kappa shape index (κ1) is 17.3. The summed E-state index contributed by atoms with van der Waals surface area (Å²) in [5.41, 5.74) is 1.43. The first-order valence-corrected chi connectivity index (χ1v) is 8.87. The molecular weight excluding hydrogens is 347 g/mol. The van der Waals surface area contributed by atoms with Crippen LogP contribution in [0, 0.1) is 12.8 Å². The van der Waals surface area contributed by atoms with Crippen LogP contribution in [0.2, 0.25) is 10.0 Å². The predicted octanol–water partition coefficient (Wildman–Crippen LogP) is 4.49. The van der Waals surface area contributed by atoms with E-state index in [2.05, 4.69) is 11.9 Å². The number of rotatable bonds is 3. The molecule has 0 saturated carbocycles. The minimum atomic E-state index is -0.0412. The lowest BCUT2D eigenvalue weighted by atomic mass is 9.99. The Bertz CT molecular complexity index is 771. The maximum Gasteiger partial charge on any atom is 0.260 e. The third-order valence-corrected chi connectivity index (χ3v) is 5.05. The van der Waals surface area contributed by atoms with Crippen molar-refractivity contribution in [1.29, 1.82) is 0 Å². The van der Waals surface area contributed by atoms with Gasteiger partial charge in [0, 0.05) is 24.2 Å². The van der Waals surface area contributed by atoms with Crippen molar-refractivity contribution in [2.24, 2.45) is 5.92 Å². The normalized spacial score (nSPS) is 15.8. The fraction of sp³-hybridized carbons (Fsp3) is 0.444. The zero-order chi connectivity index (χ0) is 17.3. The lowest BCUT2D eigenvalue weighted by Crippen LogP contribution is -2.40. The number of aromatic nitrogens is 1. The molecule has 24 heavy (non-hydrogen) atoms. The first-order chi connectivity index (χ1) is 11.5. The smallest absolute Gasteiger partial charge is 0.260 e. The number of benzene rings is 1. The first-order valence-electron chi connectivity index (χ1n) is 8.11. The van der Waals surface area contributed by atoms with Crippen molar-refractivity contribution >= 4 is 40.0 Å². The van der Waals surface area contributed by atoms with E-state index in [0.29, 0.717) is 27.2 Å². The second kappa shape index (κ2) is 7.16. The molecule has 0 N–H and O–H groups in total. The summed E-state index contributed by atoms with van der Waals surface area (Å²) < 4.78 is 5.76. The number of carbonyl (C=O) groups is 1. The lowest BCUT2D eigenvalue weighted by molar-refractivity contribution is -0.134. The summed E-state index contributed by atoms with van der Waals surface area (Å²) in [7, 11) is 0. The van der Waals surface area contributed by atoms with Gasteiger partial charge in [-0.2, -0.15) is 0 Å². The second-order valence-corrected chi connectivity index (χ2v) is 7.18. The molecule has 1 amide bonds. The number of hydrogen-bond donors (Lipinski definition) is 0. The van der Waals surface area contributed by atoms with Crippen LogP contribution >= 0.6 is 23.2 Å². The second-order valence-electron chi connectivity index (χ2n) is 6.37. The third kappa shape index (κ3) is 3.60. The van der Waals surface area contributed by atoms with Crippen molar-refractivity contribution in [3.8, 4) is 5.75 Å². The van der Waals surface area contributed by atoms with Gasteiger partial charge in [0.15, 0.2) is 12.4 Å². The zero-order valence-electron chi connectivity index (χ0n) is 13.8. The van der Waals surface area contributed by atoms with Crippen molar-refractivity contribution in [2.75, 3.05) is 19.7 Å². The number of fused-ring (bicyclic) bond motifs is 1. The number of carbonyl (C=O) groups excluding carboxylic acids is 1. The summed E-state index contributed by atoms with van der Waals surface area (Å²) in [4.78, 5) is 18.7. The van der Waals surface area contributed by atoms with E-state index in [1.165, 1.54) is 0 Å². The van der Waals surface area contributed by atoms with Gasteiger partial charge >= 0.3 is 0 Å². The lowest BCUT2D eigenvalue weighted by Gasteiger charge is -2.30. The molecule has 3 rings (SSSR count). The van der Waals surface area contributed by atoms with Gasteiger partial charge in [-0.15, -0.1) is 0 Å². The molecule has 1 saturated heterocycles. The molecule has 1 aliphatic heterocycles. The molecule has 1 aromatic heterocycles. The molecule has 1 aliphatic rings. The van der Waals surface area contributed by atoms with Gasteiger partial charge in [-0.1, -0.05) is 30.1 Å². The molecule has 1 aromatic carbocycles. The molecule has 6 heteroatoms. The molecule has 0 atom stereocenters. The number of halogens is 2. The number of piperidine rings is 1. The van der Waals surface area contributed by atoms with E-state index in [0.717, 1.165) is 37.0 Å². The van der Waals surface area contributed by atoms with Crippen LogP contribution in [-0.2, 0) is 4.79 Å². The standard InChI is InChI=1S/C18H20Cl2N2O2/c1-11-5-7-22(8-6-11)16(23)10-24-18-15(20)9-14(19)13-4-3-12(2)21-17(13)18/h3-4,9,11H,5-8,10H2,1-2H3. The Balaban J connectivity index is 1.80. The van der Waals surface area contributed by atoms with Crippen LogP contribution in [0.15, 0.2) is 18.2 Å². The fourth-order valence-corrected chi connectivity index (χ4v) is 3.48. The van der Waals surface area contributed by atoms with Crippen molar-refractivity contribution in [2.45, 2.75) is 26.7 Å². The molecule has 0 spiro atoms. The van der Waals surface area contributed by atoms with Crippen LogP contribution in [-0.4, -0.2) is 35.5 Å². The van der Waals surface area contributed by atoms with Crippen LogP contribution in [0.4, 0.5) is 0 Å².